The minimum absolute atomic E-state index is 0.478. The molecule has 2 aromatic carbocycles. The number of carboxylic acids is 1. The van der Waals surface area contributed by atoms with Gasteiger partial charge in [0.1, 0.15) is 0 Å². The van der Waals surface area contributed by atoms with Gasteiger partial charge in [-0.05, 0) is 53.8 Å². The van der Waals surface area contributed by atoms with E-state index in [-0.39, 0.29) is 0 Å². The van der Waals surface area contributed by atoms with Gasteiger partial charge < -0.3 is 14.9 Å². The lowest BCUT2D eigenvalue weighted by Gasteiger charge is -2.30. The standard InChI is InChI=1S/C20H22O4/c1-14(21)17-5-4-16-3-2-15(12-18(16)13-17)6-7-20(19(22)23)8-10-24-11-9-20/h2-7,12-14,21H,8-11H2,1H3,(H,22,23)/b7-6+/t14-/m1/s1. The van der Waals surface area contributed by atoms with Crippen molar-refractivity contribution in [3.05, 3.63) is 53.6 Å². The van der Waals surface area contributed by atoms with Gasteiger partial charge in [0.25, 0.3) is 0 Å². The number of hydrogen-bond donors (Lipinski definition) is 2. The second-order valence-electron chi connectivity index (χ2n) is 6.45. The molecule has 1 saturated heterocycles. The summed E-state index contributed by atoms with van der Waals surface area (Å²) in [4.78, 5) is 11.7. The Hall–Kier alpha value is -2.17. The van der Waals surface area contributed by atoms with E-state index in [1.807, 2.05) is 42.5 Å². The van der Waals surface area contributed by atoms with Gasteiger partial charge in [0.05, 0.1) is 11.5 Å². The number of rotatable bonds is 4. The van der Waals surface area contributed by atoms with Gasteiger partial charge in [0.15, 0.2) is 0 Å². The molecule has 1 atom stereocenters. The van der Waals surface area contributed by atoms with Crippen molar-refractivity contribution in [3.63, 3.8) is 0 Å². The number of aliphatic carboxylic acids is 1. The fourth-order valence-corrected chi connectivity index (χ4v) is 3.09. The molecule has 0 spiro atoms. The Morgan fingerprint density at radius 2 is 1.88 bits per heavy atom. The Morgan fingerprint density at radius 1 is 1.17 bits per heavy atom. The summed E-state index contributed by atoms with van der Waals surface area (Å²) in [5, 5.41) is 21.5. The highest BCUT2D eigenvalue weighted by atomic mass is 16.5. The zero-order valence-corrected chi connectivity index (χ0v) is 13.7. The number of carboxylic acid groups (broad SMARTS) is 1. The zero-order chi connectivity index (χ0) is 17.2. The van der Waals surface area contributed by atoms with Crippen molar-refractivity contribution < 1.29 is 19.7 Å². The van der Waals surface area contributed by atoms with Gasteiger partial charge in [-0.25, -0.2) is 0 Å². The fourth-order valence-electron chi connectivity index (χ4n) is 3.09. The van der Waals surface area contributed by atoms with Crippen molar-refractivity contribution in [2.75, 3.05) is 13.2 Å². The number of hydrogen-bond acceptors (Lipinski definition) is 3. The van der Waals surface area contributed by atoms with Crippen LogP contribution >= 0.6 is 0 Å². The van der Waals surface area contributed by atoms with Crippen molar-refractivity contribution in [1.82, 2.24) is 0 Å². The van der Waals surface area contributed by atoms with Crippen LogP contribution < -0.4 is 0 Å². The minimum atomic E-state index is -0.839. The molecule has 4 heteroatoms. The van der Waals surface area contributed by atoms with E-state index in [1.165, 1.54) is 0 Å². The number of carbonyl (C=O) groups is 1. The molecule has 0 aliphatic carbocycles. The zero-order valence-electron chi connectivity index (χ0n) is 13.7. The number of ether oxygens (including phenoxy) is 1. The molecule has 2 aromatic rings. The lowest BCUT2D eigenvalue weighted by molar-refractivity contribution is -0.150. The van der Waals surface area contributed by atoms with Crippen molar-refractivity contribution in [2.24, 2.45) is 5.41 Å². The smallest absolute Gasteiger partial charge is 0.313 e. The van der Waals surface area contributed by atoms with E-state index >= 15 is 0 Å². The molecule has 3 rings (SSSR count). The molecule has 0 bridgehead atoms. The highest BCUT2D eigenvalue weighted by Crippen LogP contribution is 2.33. The molecule has 2 N–H and O–H groups in total. The van der Waals surface area contributed by atoms with Crippen molar-refractivity contribution >= 4 is 22.8 Å². The Kier molecular flexibility index (Phi) is 4.69. The summed E-state index contributed by atoms with van der Waals surface area (Å²) in [6, 6.07) is 11.9. The topological polar surface area (TPSA) is 66.8 Å². The van der Waals surface area contributed by atoms with E-state index in [0.717, 1.165) is 21.9 Å². The molecule has 126 valence electrons. The van der Waals surface area contributed by atoms with Gasteiger partial charge in [-0.1, -0.05) is 36.4 Å². The maximum atomic E-state index is 11.7. The Morgan fingerprint density at radius 3 is 2.54 bits per heavy atom. The summed E-state index contributed by atoms with van der Waals surface area (Å²) in [5.74, 6) is -0.792. The third kappa shape index (κ3) is 3.35. The number of aliphatic hydroxyl groups is 1. The number of fused-ring (bicyclic) bond motifs is 1. The van der Waals surface area contributed by atoms with Crippen molar-refractivity contribution in [1.29, 1.82) is 0 Å². The SMILES string of the molecule is C[C@@H](O)c1ccc2ccc(/C=C/C3(C(=O)O)CCOCC3)cc2c1. The average Bonchev–Trinajstić information content (AvgIpc) is 2.60. The molecule has 0 saturated carbocycles. The highest BCUT2D eigenvalue weighted by molar-refractivity contribution is 5.86. The molecule has 0 radical (unpaired) electrons. The average molecular weight is 326 g/mol. The third-order valence-corrected chi connectivity index (χ3v) is 4.78. The van der Waals surface area contributed by atoms with Crippen LogP contribution in [0.2, 0.25) is 0 Å². The summed E-state index contributed by atoms with van der Waals surface area (Å²) in [6.45, 7) is 2.70. The van der Waals surface area contributed by atoms with Crippen LogP contribution in [0.15, 0.2) is 42.5 Å². The van der Waals surface area contributed by atoms with Crippen LogP contribution in [-0.2, 0) is 9.53 Å². The van der Waals surface area contributed by atoms with Gasteiger partial charge in [0.2, 0.25) is 0 Å². The molecule has 0 unspecified atom stereocenters. The van der Waals surface area contributed by atoms with E-state index in [9.17, 15) is 15.0 Å². The van der Waals surface area contributed by atoms with Gasteiger partial charge in [-0.2, -0.15) is 0 Å². The molecule has 1 aliphatic rings. The van der Waals surface area contributed by atoms with E-state index in [4.69, 9.17) is 4.74 Å². The first kappa shape index (κ1) is 16.7. The molecule has 1 heterocycles. The second-order valence-corrected chi connectivity index (χ2v) is 6.45. The van der Waals surface area contributed by atoms with E-state index in [1.54, 1.807) is 13.0 Å². The Balaban J connectivity index is 1.92. The Bertz CT molecular complexity index is 770. The van der Waals surface area contributed by atoms with Crippen LogP contribution in [0.1, 0.15) is 37.0 Å². The molecule has 0 aromatic heterocycles. The van der Waals surface area contributed by atoms with Crippen LogP contribution in [0, 0.1) is 5.41 Å². The lowest BCUT2D eigenvalue weighted by atomic mass is 9.79. The van der Waals surface area contributed by atoms with Crippen molar-refractivity contribution in [3.8, 4) is 0 Å². The summed E-state index contributed by atoms with van der Waals surface area (Å²) >= 11 is 0. The van der Waals surface area contributed by atoms with Crippen LogP contribution in [-0.4, -0.2) is 29.4 Å². The van der Waals surface area contributed by atoms with Gasteiger partial charge in [0, 0.05) is 13.2 Å². The maximum Gasteiger partial charge on any atom is 0.313 e. The quantitative estimate of drug-likeness (QED) is 0.897. The largest absolute Gasteiger partial charge is 0.481 e. The van der Waals surface area contributed by atoms with Gasteiger partial charge in [-0.3, -0.25) is 4.79 Å². The van der Waals surface area contributed by atoms with Gasteiger partial charge >= 0.3 is 5.97 Å². The van der Waals surface area contributed by atoms with Crippen LogP contribution in [0.4, 0.5) is 0 Å². The first-order chi connectivity index (χ1) is 11.5. The third-order valence-electron chi connectivity index (χ3n) is 4.78. The lowest BCUT2D eigenvalue weighted by Crippen LogP contribution is -2.35. The Labute approximate surface area is 141 Å². The van der Waals surface area contributed by atoms with Crippen LogP contribution in [0.3, 0.4) is 0 Å². The normalized spacial score (nSPS) is 18.8. The summed E-state index contributed by atoms with van der Waals surface area (Å²) < 4.78 is 5.30. The summed E-state index contributed by atoms with van der Waals surface area (Å²) in [7, 11) is 0. The van der Waals surface area contributed by atoms with E-state index in [2.05, 4.69) is 0 Å². The molecule has 1 aliphatic heterocycles. The predicted molar refractivity (Wildman–Crippen MR) is 93.7 cm³/mol. The molecule has 24 heavy (non-hydrogen) atoms. The van der Waals surface area contributed by atoms with E-state index < -0.39 is 17.5 Å². The highest BCUT2D eigenvalue weighted by Gasteiger charge is 2.37. The minimum Gasteiger partial charge on any atom is -0.481 e. The first-order valence-corrected chi connectivity index (χ1v) is 8.22. The van der Waals surface area contributed by atoms with E-state index in [0.29, 0.717) is 26.1 Å². The summed E-state index contributed by atoms with van der Waals surface area (Å²) in [6.07, 6.45) is 4.17. The maximum absolute atomic E-state index is 11.7. The molecule has 1 fully saturated rings. The summed E-state index contributed by atoms with van der Waals surface area (Å²) in [5.41, 5.74) is 0.988. The van der Waals surface area contributed by atoms with Crippen molar-refractivity contribution in [2.45, 2.75) is 25.9 Å². The second kappa shape index (κ2) is 6.75. The molecule has 4 nitrogen and oxygen atoms in total. The van der Waals surface area contributed by atoms with Crippen LogP contribution in [0.25, 0.3) is 16.8 Å². The molecular formula is C20H22O4. The number of benzene rings is 2. The van der Waals surface area contributed by atoms with Crippen LogP contribution in [0.5, 0.6) is 0 Å². The molecule has 0 amide bonds. The fraction of sp³-hybridized carbons (Fsp3) is 0.350. The monoisotopic (exact) mass is 326 g/mol. The van der Waals surface area contributed by atoms with Gasteiger partial charge in [-0.15, -0.1) is 0 Å². The first-order valence-electron chi connectivity index (χ1n) is 8.22. The predicted octanol–water partition coefficient (Wildman–Crippen LogP) is 3.79. The number of aliphatic hydroxyl groups excluding tert-OH is 1. The molecular weight excluding hydrogens is 304 g/mol.